The minimum Gasteiger partial charge on any atom is -0.205 e. The minimum absolute atomic E-state index is 0.291. The second kappa shape index (κ2) is 10.5. The number of aryl methyl sites for hydroxylation is 2. The number of rotatable bonds is 3. The van der Waals surface area contributed by atoms with Gasteiger partial charge in [-0.2, -0.15) is 0 Å². The molecule has 0 aromatic heterocycles. The van der Waals surface area contributed by atoms with Crippen molar-refractivity contribution in [3.63, 3.8) is 0 Å². The zero-order chi connectivity index (χ0) is 23.0. The Balaban J connectivity index is 1.53. The van der Waals surface area contributed by atoms with Gasteiger partial charge >= 0.3 is 0 Å². The monoisotopic (exact) mass is 428 g/mol. The van der Waals surface area contributed by atoms with Crippen molar-refractivity contribution in [3.05, 3.63) is 130 Å². The van der Waals surface area contributed by atoms with Crippen LogP contribution in [0.1, 0.15) is 46.7 Å². The molecule has 0 atom stereocenters. The van der Waals surface area contributed by atoms with E-state index in [1.807, 2.05) is 61.5 Å². The normalized spacial score (nSPS) is 10.5. The molecule has 0 fully saturated rings. The summed E-state index contributed by atoms with van der Waals surface area (Å²) in [6.45, 7) is 4.08. The maximum absolute atomic E-state index is 15.1. The Morgan fingerprint density at radius 2 is 1.36 bits per heavy atom. The maximum atomic E-state index is 15.1. The highest BCUT2D eigenvalue weighted by Gasteiger charge is 2.06. The van der Waals surface area contributed by atoms with Crippen molar-refractivity contribution in [2.45, 2.75) is 26.7 Å². The fourth-order valence-electron chi connectivity index (χ4n) is 3.56. The molecule has 0 saturated heterocycles. The number of hydrogen-bond donors (Lipinski definition) is 0. The van der Waals surface area contributed by atoms with Crippen LogP contribution in [0.2, 0.25) is 0 Å². The van der Waals surface area contributed by atoms with E-state index in [2.05, 4.69) is 54.9 Å². The molecular weight excluding hydrogens is 403 g/mol. The van der Waals surface area contributed by atoms with Crippen LogP contribution in [-0.4, -0.2) is 0 Å². The Labute approximate surface area is 195 Å². The maximum Gasteiger partial charge on any atom is 0.146 e. The Bertz CT molecular complexity index is 1410. The molecule has 0 unspecified atom stereocenters. The van der Waals surface area contributed by atoms with Gasteiger partial charge in [0.25, 0.3) is 0 Å². The molecule has 0 N–H and O–H groups in total. The number of fused-ring (bicyclic) bond motifs is 1. The fraction of sp³-hybridized carbons (Fsp3) is 0.125. The van der Waals surface area contributed by atoms with E-state index in [1.54, 1.807) is 12.1 Å². The van der Waals surface area contributed by atoms with Gasteiger partial charge in [-0.3, -0.25) is 0 Å². The summed E-state index contributed by atoms with van der Waals surface area (Å²) < 4.78 is 15.1. The number of hydrogen-bond acceptors (Lipinski definition) is 0. The van der Waals surface area contributed by atoms with Crippen molar-refractivity contribution in [3.8, 4) is 23.7 Å². The summed E-state index contributed by atoms with van der Waals surface area (Å²) in [7, 11) is 0. The molecular formula is C32H25F. The summed E-state index contributed by atoms with van der Waals surface area (Å²) in [4.78, 5) is 0. The second-order valence-corrected chi connectivity index (χ2v) is 8.03. The van der Waals surface area contributed by atoms with Gasteiger partial charge in [-0.05, 0) is 80.1 Å². The first-order valence-corrected chi connectivity index (χ1v) is 11.2. The van der Waals surface area contributed by atoms with Gasteiger partial charge in [0.1, 0.15) is 5.82 Å². The van der Waals surface area contributed by atoms with E-state index in [-0.39, 0.29) is 5.82 Å². The first kappa shape index (κ1) is 22.1. The largest absolute Gasteiger partial charge is 0.205 e. The second-order valence-electron chi connectivity index (χ2n) is 8.03. The SMILES string of the molecule is C/C=C/CCc1ccc(C#Cc2ccc3cc(C#Cc4ccc(C)cc4)ccc3c2F)cc1. The van der Waals surface area contributed by atoms with Crippen molar-refractivity contribution in [2.75, 3.05) is 0 Å². The van der Waals surface area contributed by atoms with E-state index in [0.717, 1.165) is 34.9 Å². The van der Waals surface area contributed by atoms with Gasteiger partial charge in [0.2, 0.25) is 0 Å². The lowest BCUT2D eigenvalue weighted by Gasteiger charge is -2.03. The fourth-order valence-corrected chi connectivity index (χ4v) is 3.56. The van der Waals surface area contributed by atoms with Gasteiger partial charge in [-0.15, -0.1) is 0 Å². The molecule has 0 aliphatic heterocycles. The predicted molar refractivity (Wildman–Crippen MR) is 137 cm³/mol. The molecule has 0 radical (unpaired) electrons. The highest BCUT2D eigenvalue weighted by atomic mass is 19.1. The third kappa shape index (κ3) is 5.79. The summed E-state index contributed by atoms with van der Waals surface area (Å²) in [6, 6.07) is 25.5. The number of allylic oxidation sites excluding steroid dienone is 2. The number of halogens is 1. The molecule has 160 valence electrons. The molecule has 4 rings (SSSR count). The molecule has 0 nitrogen and oxygen atoms in total. The molecule has 0 aliphatic rings. The Morgan fingerprint density at radius 3 is 2.09 bits per heavy atom. The summed E-state index contributed by atoms with van der Waals surface area (Å²) in [5.74, 6) is 12.1. The van der Waals surface area contributed by atoms with Crippen LogP contribution in [0.4, 0.5) is 4.39 Å². The van der Waals surface area contributed by atoms with Crippen LogP contribution >= 0.6 is 0 Å². The van der Waals surface area contributed by atoms with E-state index >= 15 is 4.39 Å². The van der Waals surface area contributed by atoms with Crippen LogP contribution in [0.3, 0.4) is 0 Å². The average Bonchev–Trinajstić information content (AvgIpc) is 2.84. The average molecular weight is 429 g/mol. The molecule has 0 spiro atoms. The highest BCUT2D eigenvalue weighted by molar-refractivity contribution is 5.86. The van der Waals surface area contributed by atoms with Gasteiger partial charge in [0.05, 0.1) is 5.56 Å². The zero-order valence-electron chi connectivity index (χ0n) is 19.0. The highest BCUT2D eigenvalue weighted by Crippen LogP contribution is 2.22. The summed E-state index contributed by atoms with van der Waals surface area (Å²) in [6.07, 6.45) is 6.27. The van der Waals surface area contributed by atoms with Gasteiger partial charge in [0, 0.05) is 22.1 Å². The van der Waals surface area contributed by atoms with Crippen LogP contribution in [0.5, 0.6) is 0 Å². The van der Waals surface area contributed by atoms with Crippen molar-refractivity contribution < 1.29 is 4.39 Å². The quantitative estimate of drug-likeness (QED) is 0.233. The van der Waals surface area contributed by atoms with E-state index in [1.165, 1.54) is 11.1 Å². The van der Waals surface area contributed by atoms with Crippen molar-refractivity contribution >= 4 is 10.8 Å². The Kier molecular flexibility index (Phi) is 7.04. The van der Waals surface area contributed by atoms with Crippen LogP contribution < -0.4 is 0 Å². The van der Waals surface area contributed by atoms with Crippen LogP contribution in [0, 0.1) is 36.4 Å². The molecule has 0 saturated carbocycles. The summed E-state index contributed by atoms with van der Waals surface area (Å²) in [5.41, 5.74) is 5.58. The third-order valence-electron chi connectivity index (χ3n) is 5.49. The van der Waals surface area contributed by atoms with Crippen LogP contribution in [0.15, 0.2) is 91.0 Å². The third-order valence-corrected chi connectivity index (χ3v) is 5.49. The molecule has 1 heteroatoms. The Morgan fingerprint density at radius 1 is 0.727 bits per heavy atom. The topological polar surface area (TPSA) is 0 Å². The van der Waals surface area contributed by atoms with Crippen LogP contribution in [-0.2, 0) is 6.42 Å². The first-order valence-electron chi connectivity index (χ1n) is 11.2. The summed E-state index contributed by atoms with van der Waals surface area (Å²) in [5, 5.41) is 1.38. The minimum atomic E-state index is -0.291. The van der Waals surface area contributed by atoms with Crippen molar-refractivity contribution in [2.24, 2.45) is 0 Å². The molecule has 4 aromatic carbocycles. The standard InChI is InChI=1S/C32H25F/c1-3-4-5-6-25-11-13-27(14-12-25)17-19-29-20-21-30-23-28(18-22-31(30)32(29)33)16-15-26-9-7-24(2)8-10-26/h3-4,7-14,18,20-23H,5-6H2,1-2H3/b4-3+. The van der Waals surface area contributed by atoms with E-state index in [4.69, 9.17) is 0 Å². The van der Waals surface area contributed by atoms with E-state index in [0.29, 0.717) is 10.9 Å². The Hall–Kier alpha value is -4.07. The van der Waals surface area contributed by atoms with Gasteiger partial charge in [-0.1, -0.05) is 77.8 Å². The molecule has 4 aromatic rings. The summed E-state index contributed by atoms with van der Waals surface area (Å²) >= 11 is 0. The van der Waals surface area contributed by atoms with Crippen molar-refractivity contribution in [1.29, 1.82) is 0 Å². The molecule has 0 bridgehead atoms. The zero-order valence-corrected chi connectivity index (χ0v) is 19.0. The molecule has 0 amide bonds. The lowest BCUT2D eigenvalue weighted by atomic mass is 10.0. The smallest absolute Gasteiger partial charge is 0.146 e. The van der Waals surface area contributed by atoms with Gasteiger partial charge < -0.3 is 0 Å². The molecule has 33 heavy (non-hydrogen) atoms. The lowest BCUT2D eigenvalue weighted by molar-refractivity contribution is 0.636. The van der Waals surface area contributed by atoms with E-state index in [9.17, 15) is 0 Å². The first-order chi connectivity index (χ1) is 16.1. The van der Waals surface area contributed by atoms with Gasteiger partial charge in [0.15, 0.2) is 0 Å². The lowest BCUT2D eigenvalue weighted by Crippen LogP contribution is -1.88. The predicted octanol–water partition coefficient (Wildman–Crippen LogP) is 7.60. The van der Waals surface area contributed by atoms with Crippen LogP contribution in [0.25, 0.3) is 10.8 Å². The van der Waals surface area contributed by atoms with E-state index < -0.39 is 0 Å². The number of benzene rings is 4. The molecule has 0 aliphatic carbocycles. The van der Waals surface area contributed by atoms with Gasteiger partial charge in [-0.25, -0.2) is 4.39 Å². The van der Waals surface area contributed by atoms with Crippen molar-refractivity contribution in [1.82, 2.24) is 0 Å². The molecule has 0 heterocycles.